The van der Waals surface area contributed by atoms with Gasteiger partial charge in [-0.25, -0.2) is 0 Å². The van der Waals surface area contributed by atoms with Gasteiger partial charge in [0.15, 0.2) is 0 Å². The topological polar surface area (TPSA) is 46.5 Å². The molecule has 0 bridgehead atoms. The Hall–Kier alpha value is -0.570. The highest BCUT2D eigenvalue weighted by atomic mass is 16.6. The standard InChI is InChI=1S/C9H18O3/c1-6(10)7(2)12-8(11)9(3,4)5/h6-7,10H,1-5H3. The summed E-state index contributed by atoms with van der Waals surface area (Å²) in [6.07, 6.45) is -1.05. The lowest BCUT2D eigenvalue weighted by Gasteiger charge is -2.22. The first kappa shape index (κ1) is 11.4. The third-order valence-electron chi connectivity index (χ3n) is 1.58. The smallest absolute Gasteiger partial charge is 0.311 e. The van der Waals surface area contributed by atoms with Crippen molar-refractivity contribution in [3.63, 3.8) is 0 Å². The van der Waals surface area contributed by atoms with E-state index in [-0.39, 0.29) is 5.97 Å². The average molecular weight is 174 g/mol. The van der Waals surface area contributed by atoms with Crippen LogP contribution in [0.5, 0.6) is 0 Å². The van der Waals surface area contributed by atoms with Crippen LogP contribution in [0.4, 0.5) is 0 Å². The zero-order chi connectivity index (χ0) is 9.94. The molecule has 0 radical (unpaired) electrons. The van der Waals surface area contributed by atoms with E-state index in [4.69, 9.17) is 9.84 Å². The van der Waals surface area contributed by atoms with E-state index in [0.29, 0.717) is 0 Å². The number of rotatable bonds is 2. The SMILES string of the molecule is CC(O)C(C)OC(=O)C(C)(C)C. The van der Waals surface area contributed by atoms with Crippen molar-refractivity contribution in [2.75, 3.05) is 0 Å². The third kappa shape index (κ3) is 3.72. The Morgan fingerprint density at radius 1 is 1.33 bits per heavy atom. The minimum Gasteiger partial charge on any atom is -0.460 e. The highest BCUT2D eigenvalue weighted by Crippen LogP contribution is 2.16. The maximum Gasteiger partial charge on any atom is 0.311 e. The first-order chi connectivity index (χ1) is 5.25. The molecule has 0 aliphatic heterocycles. The predicted molar refractivity (Wildman–Crippen MR) is 46.7 cm³/mol. The van der Waals surface area contributed by atoms with Crippen molar-refractivity contribution in [3.8, 4) is 0 Å². The van der Waals surface area contributed by atoms with E-state index in [1.807, 2.05) is 0 Å². The Morgan fingerprint density at radius 2 is 1.75 bits per heavy atom. The molecule has 3 nitrogen and oxygen atoms in total. The van der Waals surface area contributed by atoms with Gasteiger partial charge in [-0.3, -0.25) is 4.79 Å². The van der Waals surface area contributed by atoms with Gasteiger partial charge in [-0.2, -0.15) is 0 Å². The van der Waals surface area contributed by atoms with Crippen LogP contribution in [0.2, 0.25) is 0 Å². The lowest BCUT2D eigenvalue weighted by atomic mass is 9.97. The van der Waals surface area contributed by atoms with Crippen molar-refractivity contribution >= 4 is 5.97 Å². The van der Waals surface area contributed by atoms with Crippen LogP contribution in [0.25, 0.3) is 0 Å². The maximum atomic E-state index is 11.2. The summed E-state index contributed by atoms with van der Waals surface area (Å²) >= 11 is 0. The largest absolute Gasteiger partial charge is 0.460 e. The molecule has 0 aromatic carbocycles. The van der Waals surface area contributed by atoms with Crippen molar-refractivity contribution in [3.05, 3.63) is 0 Å². The molecule has 72 valence electrons. The summed E-state index contributed by atoms with van der Waals surface area (Å²) < 4.78 is 4.99. The molecule has 2 unspecified atom stereocenters. The Labute approximate surface area is 73.7 Å². The molecule has 0 amide bonds. The van der Waals surface area contributed by atoms with Crippen molar-refractivity contribution in [2.24, 2.45) is 5.41 Å². The van der Waals surface area contributed by atoms with Crippen LogP contribution >= 0.6 is 0 Å². The van der Waals surface area contributed by atoms with E-state index in [0.717, 1.165) is 0 Å². The van der Waals surface area contributed by atoms with Gasteiger partial charge in [0.25, 0.3) is 0 Å². The number of ether oxygens (including phenoxy) is 1. The van der Waals surface area contributed by atoms with Crippen molar-refractivity contribution in [1.29, 1.82) is 0 Å². The molecule has 0 aliphatic rings. The van der Waals surface area contributed by atoms with Crippen LogP contribution in [0.3, 0.4) is 0 Å². The van der Waals surface area contributed by atoms with E-state index in [9.17, 15) is 4.79 Å². The quantitative estimate of drug-likeness (QED) is 0.643. The Bertz CT molecular complexity index is 156. The maximum absolute atomic E-state index is 11.2. The molecule has 0 aromatic rings. The molecule has 2 atom stereocenters. The van der Waals surface area contributed by atoms with Gasteiger partial charge in [-0.1, -0.05) is 0 Å². The number of carbonyl (C=O) groups excluding carboxylic acids is 1. The molecule has 1 N–H and O–H groups in total. The monoisotopic (exact) mass is 174 g/mol. The highest BCUT2D eigenvalue weighted by molar-refractivity contribution is 5.75. The number of aliphatic hydroxyl groups is 1. The Balaban J connectivity index is 4.02. The average Bonchev–Trinajstić information content (AvgIpc) is 1.85. The summed E-state index contributed by atoms with van der Waals surface area (Å²) in [6, 6.07) is 0. The molecule has 0 saturated carbocycles. The Morgan fingerprint density at radius 3 is 2.00 bits per heavy atom. The molecular weight excluding hydrogens is 156 g/mol. The Kier molecular flexibility index (Phi) is 3.71. The third-order valence-corrected chi connectivity index (χ3v) is 1.58. The second-order valence-corrected chi connectivity index (χ2v) is 4.10. The number of esters is 1. The number of hydrogen-bond acceptors (Lipinski definition) is 3. The van der Waals surface area contributed by atoms with Crippen LogP contribution in [0.15, 0.2) is 0 Å². The molecule has 0 fully saturated rings. The minimum absolute atomic E-state index is 0.282. The van der Waals surface area contributed by atoms with E-state index in [1.165, 1.54) is 0 Å². The van der Waals surface area contributed by atoms with Crippen molar-refractivity contribution in [1.82, 2.24) is 0 Å². The van der Waals surface area contributed by atoms with Gasteiger partial charge in [-0.05, 0) is 34.6 Å². The van der Waals surface area contributed by atoms with Crippen molar-refractivity contribution < 1.29 is 14.6 Å². The molecule has 0 rings (SSSR count). The molecule has 0 heterocycles. The summed E-state index contributed by atoms with van der Waals surface area (Å²) in [5, 5.41) is 9.06. The van der Waals surface area contributed by atoms with Gasteiger partial charge in [0.1, 0.15) is 6.10 Å². The van der Waals surface area contributed by atoms with Gasteiger partial charge in [0, 0.05) is 0 Å². The molecule has 12 heavy (non-hydrogen) atoms. The first-order valence-electron chi connectivity index (χ1n) is 4.14. The molecule has 0 aliphatic carbocycles. The molecule has 3 heteroatoms. The van der Waals surface area contributed by atoms with E-state index >= 15 is 0 Å². The molecule has 0 aromatic heterocycles. The summed E-state index contributed by atoms with van der Waals surface area (Å²) in [4.78, 5) is 11.2. The van der Waals surface area contributed by atoms with Gasteiger partial charge >= 0.3 is 5.97 Å². The second kappa shape index (κ2) is 3.90. The van der Waals surface area contributed by atoms with Gasteiger partial charge in [0.2, 0.25) is 0 Å². The van der Waals surface area contributed by atoms with Crippen LogP contribution in [-0.2, 0) is 9.53 Å². The van der Waals surface area contributed by atoms with E-state index < -0.39 is 17.6 Å². The second-order valence-electron chi connectivity index (χ2n) is 4.10. The lowest BCUT2D eigenvalue weighted by Crippen LogP contribution is -2.32. The zero-order valence-corrected chi connectivity index (χ0v) is 8.42. The van der Waals surface area contributed by atoms with Crippen LogP contribution in [0.1, 0.15) is 34.6 Å². The number of carbonyl (C=O) groups is 1. The number of hydrogen-bond donors (Lipinski definition) is 1. The van der Waals surface area contributed by atoms with Crippen LogP contribution < -0.4 is 0 Å². The van der Waals surface area contributed by atoms with E-state index in [1.54, 1.807) is 34.6 Å². The first-order valence-corrected chi connectivity index (χ1v) is 4.14. The minimum atomic E-state index is -0.615. The summed E-state index contributed by atoms with van der Waals surface area (Å²) in [6.45, 7) is 8.62. The van der Waals surface area contributed by atoms with E-state index in [2.05, 4.69) is 0 Å². The normalized spacial score (nSPS) is 16.8. The summed E-state index contributed by atoms with van der Waals surface area (Å²) in [5.41, 5.74) is -0.497. The summed E-state index contributed by atoms with van der Waals surface area (Å²) in [5.74, 6) is -0.282. The fourth-order valence-corrected chi connectivity index (χ4v) is 0.444. The lowest BCUT2D eigenvalue weighted by molar-refractivity contribution is -0.162. The molecule has 0 spiro atoms. The summed E-state index contributed by atoms with van der Waals surface area (Å²) in [7, 11) is 0. The fraction of sp³-hybridized carbons (Fsp3) is 0.889. The van der Waals surface area contributed by atoms with Crippen molar-refractivity contribution in [2.45, 2.75) is 46.8 Å². The van der Waals surface area contributed by atoms with Crippen LogP contribution in [-0.4, -0.2) is 23.3 Å². The molecular formula is C9H18O3. The zero-order valence-electron chi connectivity index (χ0n) is 8.42. The fourth-order valence-electron chi connectivity index (χ4n) is 0.444. The van der Waals surface area contributed by atoms with Gasteiger partial charge in [-0.15, -0.1) is 0 Å². The highest BCUT2D eigenvalue weighted by Gasteiger charge is 2.26. The van der Waals surface area contributed by atoms with Gasteiger partial charge in [0.05, 0.1) is 11.5 Å². The number of aliphatic hydroxyl groups excluding tert-OH is 1. The van der Waals surface area contributed by atoms with Crippen LogP contribution in [0, 0.1) is 5.41 Å². The van der Waals surface area contributed by atoms with Gasteiger partial charge < -0.3 is 9.84 Å². The predicted octanol–water partition coefficient (Wildman–Crippen LogP) is 1.34. The molecule has 0 saturated heterocycles.